The fourth-order valence-corrected chi connectivity index (χ4v) is 2.16. The van der Waals surface area contributed by atoms with Gasteiger partial charge < -0.3 is 4.52 Å². The lowest BCUT2D eigenvalue weighted by atomic mass is 10.0. The highest BCUT2D eigenvalue weighted by atomic mass is 16.6. The van der Waals surface area contributed by atoms with Crippen LogP contribution in [0.25, 0.3) is 22.4 Å². The van der Waals surface area contributed by atoms with Crippen LogP contribution in [0.3, 0.4) is 0 Å². The van der Waals surface area contributed by atoms with Gasteiger partial charge in [0.15, 0.2) is 0 Å². The maximum atomic E-state index is 11.3. The number of nitro benzene ring substituents is 1. The highest BCUT2D eigenvalue weighted by Crippen LogP contribution is 2.33. The normalized spacial score (nSPS) is 10.5. The first-order chi connectivity index (χ1) is 10.2. The van der Waals surface area contributed by atoms with Crippen LogP contribution in [-0.4, -0.2) is 15.1 Å². The third kappa shape index (κ3) is 2.38. The van der Waals surface area contributed by atoms with Crippen LogP contribution in [0.2, 0.25) is 0 Å². The maximum absolute atomic E-state index is 11.3. The lowest BCUT2D eigenvalue weighted by molar-refractivity contribution is -0.384. The van der Waals surface area contributed by atoms with Gasteiger partial charge in [0.05, 0.1) is 22.4 Å². The van der Waals surface area contributed by atoms with Crippen molar-refractivity contribution in [3.05, 3.63) is 64.7 Å². The van der Waals surface area contributed by atoms with Gasteiger partial charge in [0.2, 0.25) is 0 Å². The number of pyridine rings is 1. The van der Waals surface area contributed by atoms with Crippen molar-refractivity contribution in [2.75, 3.05) is 0 Å². The topological polar surface area (TPSA) is 82.1 Å². The van der Waals surface area contributed by atoms with Crippen molar-refractivity contribution in [3.8, 4) is 22.4 Å². The van der Waals surface area contributed by atoms with E-state index in [2.05, 4.69) is 10.1 Å². The second-order valence-electron chi connectivity index (χ2n) is 4.50. The second kappa shape index (κ2) is 5.16. The Kier molecular flexibility index (Phi) is 3.19. The second-order valence-corrected chi connectivity index (χ2v) is 4.50. The van der Waals surface area contributed by atoms with Crippen LogP contribution in [-0.2, 0) is 0 Å². The fraction of sp³-hybridized carbons (Fsp3) is 0.0667. The summed E-state index contributed by atoms with van der Waals surface area (Å²) in [5.41, 5.74) is 2.49. The quantitative estimate of drug-likeness (QED) is 0.541. The van der Waals surface area contributed by atoms with Crippen molar-refractivity contribution in [3.63, 3.8) is 0 Å². The van der Waals surface area contributed by atoms with E-state index >= 15 is 0 Å². The van der Waals surface area contributed by atoms with Crippen LogP contribution < -0.4 is 0 Å². The van der Waals surface area contributed by atoms with Crippen molar-refractivity contribution in [1.29, 1.82) is 0 Å². The minimum atomic E-state index is -0.406. The Morgan fingerprint density at radius 1 is 1.19 bits per heavy atom. The molecule has 0 saturated carbocycles. The average Bonchev–Trinajstić information content (AvgIpc) is 2.93. The molecular weight excluding hydrogens is 270 g/mol. The zero-order chi connectivity index (χ0) is 14.8. The van der Waals surface area contributed by atoms with Crippen LogP contribution in [0, 0.1) is 17.0 Å². The summed E-state index contributed by atoms with van der Waals surface area (Å²) in [6.45, 7) is 1.76. The molecule has 0 amide bonds. The smallest absolute Gasteiger partial charge is 0.279 e. The molecule has 2 aromatic heterocycles. The predicted molar refractivity (Wildman–Crippen MR) is 76.6 cm³/mol. The molecule has 0 unspecified atom stereocenters. The first-order valence-electron chi connectivity index (χ1n) is 6.28. The van der Waals surface area contributed by atoms with E-state index < -0.39 is 4.92 Å². The number of nitrogens with zero attached hydrogens (tertiary/aromatic N) is 3. The first-order valence-corrected chi connectivity index (χ1v) is 6.28. The predicted octanol–water partition coefficient (Wildman–Crippen LogP) is 3.62. The number of nitro groups is 1. The van der Waals surface area contributed by atoms with Gasteiger partial charge in [-0.2, -0.15) is 0 Å². The Bertz CT molecular complexity index is 797. The van der Waals surface area contributed by atoms with Crippen LogP contribution >= 0.6 is 0 Å². The summed E-state index contributed by atoms with van der Waals surface area (Å²) < 4.78 is 5.00. The number of benzene rings is 1. The molecule has 2 heterocycles. The number of hydrogen-bond acceptors (Lipinski definition) is 5. The van der Waals surface area contributed by atoms with E-state index in [0.29, 0.717) is 22.6 Å². The molecule has 0 fully saturated rings. The van der Waals surface area contributed by atoms with Gasteiger partial charge in [0.25, 0.3) is 5.69 Å². The Balaban J connectivity index is 2.16. The summed E-state index contributed by atoms with van der Waals surface area (Å²) in [5.74, 6) is 0.620. The van der Waals surface area contributed by atoms with Crippen LogP contribution in [0.4, 0.5) is 5.69 Å². The minimum Gasteiger partial charge on any atom is -0.361 e. The first kappa shape index (κ1) is 13.0. The van der Waals surface area contributed by atoms with Crippen LogP contribution in [0.1, 0.15) is 5.76 Å². The molecule has 1 aromatic carbocycles. The van der Waals surface area contributed by atoms with E-state index in [0.717, 1.165) is 5.56 Å². The van der Waals surface area contributed by atoms with Gasteiger partial charge in [0.1, 0.15) is 5.76 Å². The number of aryl methyl sites for hydroxylation is 1. The molecule has 6 nitrogen and oxygen atoms in total. The summed E-state index contributed by atoms with van der Waals surface area (Å²) in [6, 6.07) is 10.3. The standard InChI is InChI=1S/C15H11N3O3/c1-10-13(9-17-21-10)11-5-6-12(15(8-11)18(19)20)14-4-2-3-7-16-14/h2-9H,1H3. The fourth-order valence-electron chi connectivity index (χ4n) is 2.16. The van der Waals surface area contributed by atoms with Gasteiger partial charge in [-0.1, -0.05) is 17.3 Å². The molecule has 0 bridgehead atoms. The third-order valence-electron chi connectivity index (χ3n) is 3.20. The van der Waals surface area contributed by atoms with Crippen molar-refractivity contribution in [1.82, 2.24) is 10.1 Å². The third-order valence-corrected chi connectivity index (χ3v) is 3.20. The lowest BCUT2D eigenvalue weighted by Gasteiger charge is -2.05. The van der Waals surface area contributed by atoms with Gasteiger partial charge >= 0.3 is 0 Å². The number of hydrogen-bond donors (Lipinski definition) is 0. The number of rotatable bonds is 3. The largest absolute Gasteiger partial charge is 0.361 e. The molecule has 21 heavy (non-hydrogen) atoms. The molecule has 6 heteroatoms. The van der Waals surface area contributed by atoms with E-state index in [4.69, 9.17) is 4.52 Å². The summed E-state index contributed by atoms with van der Waals surface area (Å²) in [5, 5.41) is 15.0. The van der Waals surface area contributed by atoms with Crippen LogP contribution in [0.5, 0.6) is 0 Å². The van der Waals surface area contributed by atoms with Crippen molar-refractivity contribution >= 4 is 5.69 Å². The molecule has 0 aliphatic rings. The SMILES string of the molecule is Cc1oncc1-c1ccc(-c2ccccn2)c([N+](=O)[O-])c1. The van der Waals surface area contributed by atoms with E-state index in [1.54, 1.807) is 49.6 Å². The maximum Gasteiger partial charge on any atom is 0.279 e. The molecule has 0 radical (unpaired) electrons. The van der Waals surface area contributed by atoms with Crippen molar-refractivity contribution in [2.24, 2.45) is 0 Å². The molecule has 0 spiro atoms. The Morgan fingerprint density at radius 3 is 2.67 bits per heavy atom. The van der Waals surface area contributed by atoms with Gasteiger partial charge in [-0.05, 0) is 30.7 Å². The molecule has 3 aromatic rings. The lowest BCUT2D eigenvalue weighted by Crippen LogP contribution is -1.94. The van der Waals surface area contributed by atoms with Gasteiger partial charge in [-0.25, -0.2) is 0 Å². The summed E-state index contributed by atoms with van der Waals surface area (Å²) in [4.78, 5) is 15.1. The zero-order valence-corrected chi connectivity index (χ0v) is 11.2. The molecule has 104 valence electrons. The zero-order valence-electron chi connectivity index (χ0n) is 11.2. The summed E-state index contributed by atoms with van der Waals surface area (Å²) in [7, 11) is 0. The summed E-state index contributed by atoms with van der Waals surface area (Å²) >= 11 is 0. The van der Waals surface area contributed by atoms with Crippen molar-refractivity contribution in [2.45, 2.75) is 6.92 Å². The Hall–Kier alpha value is -3.02. The van der Waals surface area contributed by atoms with Gasteiger partial charge in [-0.15, -0.1) is 0 Å². The van der Waals surface area contributed by atoms with E-state index in [9.17, 15) is 10.1 Å². The highest BCUT2D eigenvalue weighted by Gasteiger charge is 2.18. The Labute approximate surface area is 120 Å². The van der Waals surface area contributed by atoms with E-state index in [-0.39, 0.29) is 5.69 Å². The molecule has 0 N–H and O–H groups in total. The van der Waals surface area contributed by atoms with E-state index in [1.807, 2.05) is 0 Å². The molecule has 0 aliphatic heterocycles. The Morgan fingerprint density at radius 2 is 2.05 bits per heavy atom. The van der Waals surface area contributed by atoms with E-state index in [1.165, 1.54) is 6.07 Å². The molecular formula is C15H11N3O3. The van der Waals surface area contributed by atoms with Gasteiger partial charge in [-0.3, -0.25) is 15.1 Å². The van der Waals surface area contributed by atoms with Crippen LogP contribution in [0.15, 0.2) is 53.3 Å². The molecule has 3 rings (SSSR count). The number of aromatic nitrogens is 2. The monoisotopic (exact) mass is 281 g/mol. The summed E-state index contributed by atoms with van der Waals surface area (Å²) in [6.07, 6.45) is 3.16. The highest BCUT2D eigenvalue weighted by molar-refractivity contribution is 5.77. The van der Waals surface area contributed by atoms with Crippen molar-refractivity contribution < 1.29 is 9.45 Å². The average molecular weight is 281 g/mol. The minimum absolute atomic E-state index is 0.00630. The molecule has 0 aliphatic carbocycles. The molecule has 0 atom stereocenters. The molecule has 0 saturated heterocycles. The van der Waals surface area contributed by atoms with Gasteiger partial charge in [0, 0.05) is 17.8 Å².